The largest absolute Gasteiger partial charge is 0.334 e. The molecule has 2 saturated heterocycles. The number of hydrazine groups is 1. The number of urea groups is 1. The third kappa shape index (κ3) is 5.58. The SMILES string of the molecule is CSCC[C@H]1C(=O)N(Cc2cccc3ccccc23)C[C@H]2N1C(=O)CN(C)N2C(=O)NCc1ccc(F)cc1. The highest BCUT2D eigenvalue weighted by atomic mass is 32.2. The molecule has 204 valence electrons. The maximum Gasteiger partial charge on any atom is 0.334 e. The number of hydrogen-bond acceptors (Lipinski definition) is 5. The lowest BCUT2D eigenvalue weighted by atomic mass is 10.0. The number of thioether (sulfide) groups is 1. The van der Waals surface area contributed by atoms with Crippen molar-refractivity contribution in [1.82, 2.24) is 25.1 Å². The lowest BCUT2D eigenvalue weighted by molar-refractivity contribution is -0.187. The van der Waals surface area contributed by atoms with Crippen LogP contribution in [0.25, 0.3) is 10.8 Å². The van der Waals surface area contributed by atoms with Gasteiger partial charge in [-0.2, -0.15) is 11.8 Å². The number of hydrogen-bond donors (Lipinski definition) is 1. The fourth-order valence-electron chi connectivity index (χ4n) is 5.45. The van der Waals surface area contributed by atoms with Gasteiger partial charge in [-0.3, -0.25) is 9.59 Å². The number of carbonyl (C=O) groups excluding carboxylic acids is 3. The second-order valence-corrected chi connectivity index (χ2v) is 10.9. The van der Waals surface area contributed by atoms with Gasteiger partial charge in [-0.25, -0.2) is 19.2 Å². The number of rotatable bonds is 7. The Morgan fingerprint density at radius 3 is 2.56 bits per heavy atom. The van der Waals surface area contributed by atoms with Crippen LogP contribution >= 0.6 is 11.8 Å². The number of amides is 4. The molecule has 1 N–H and O–H groups in total. The van der Waals surface area contributed by atoms with E-state index in [1.54, 1.807) is 50.8 Å². The van der Waals surface area contributed by atoms with Crippen molar-refractivity contribution >= 4 is 40.4 Å². The Bertz CT molecular complexity index is 1370. The summed E-state index contributed by atoms with van der Waals surface area (Å²) in [6, 6.07) is 19.0. The number of carbonyl (C=O) groups is 3. The minimum absolute atomic E-state index is 0.00710. The number of fused-ring (bicyclic) bond motifs is 2. The molecule has 0 aliphatic carbocycles. The third-order valence-electron chi connectivity index (χ3n) is 7.34. The molecule has 0 bridgehead atoms. The monoisotopic (exact) mass is 549 g/mol. The first-order valence-corrected chi connectivity index (χ1v) is 14.3. The highest BCUT2D eigenvalue weighted by molar-refractivity contribution is 7.98. The zero-order chi connectivity index (χ0) is 27.5. The highest BCUT2D eigenvalue weighted by Gasteiger charge is 2.50. The van der Waals surface area contributed by atoms with Crippen LogP contribution in [-0.2, 0) is 22.7 Å². The van der Waals surface area contributed by atoms with Gasteiger partial charge in [0.2, 0.25) is 11.8 Å². The topological polar surface area (TPSA) is 76.2 Å². The molecule has 10 heteroatoms. The molecule has 4 amide bonds. The minimum atomic E-state index is -0.653. The fourth-order valence-corrected chi connectivity index (χ4v) is 5.91. The molecule has 2 fully saturated rings. The van der Waals surface area contributed by atoms with Crippen molar-refractivity contribution < 1.29 is 18.8 Å². The number of halogens is 1. The first-order valence-electron chi connectivity index (χ1n) is 13.0. The van der Waals surface area contributed by atoms with Gasteiger partial charge in [0.15, 0.2) is 0 Å². The van der Waals surface area contributed by atoms with Gasteiger partial charge in [-0.1, -0.05) is 54.6 Å². The van der Waals surface area contributed by atoms with Gasteiger partial charge in [-0.15, -0.1) is 0 Å². The molecule has 5 rings (SSSR count). The van der Waals surface area contributed by atoms with Crippen molar-refractivity contribution in [3.63, 3.8) is 0 Å². The maximum absolute atomic E-state index is 13.8. The van der Waals surface area contributed by atoms with Crippen LogP contribution in [0.3, 0.4) is 0 Å². The van der Waals surface area contributed by atoms with Crippen LogP contribution in [0.15, 0.2) is 66.7 Å². The van der Waals surface area contributed by atoms with Crippen molar-refractivity contribution in [3.05, 3.63) is 83.7 Å². The van der Waals surface area contributed by atoms with Gasteiger partial charge in [-0.05, 0) is 52.5 Å². The van der Waals surface area contributed by atoms with E-state index in [4.69, 9.17) is 0 Å². The lowest BCUT2D eigenvalue weighted by Crippen LogP contribution is -2.75. The molecule has 2 aliphatic rings. The number of piperazine rings is 1. The summed E-state index contributed by atoms with van der Waals surface area (Å²) in [5.41, 5.74) is 1.77. The van der Waals surface area contributed by atoms with E-state index in [1.165, 1.54) is 12.1 Å². The van der Waals surface area contributed by atoms with E-state index in [0.717, 1.165) is 21.9 Å². The Kier molecular flexibility index (Phi) is 8.04. The van der Waals surface area contributed by atoms with E-state index in [1.807, 2.05) is 48.7 Å². The van der Waals surface area contributed by atoms with Gasteiger partial charge in [0, 0.05) is 20.1 Å². The van der Waals surface area contributed by atoms with E-state index in [2.05, 4.69) is 5.32 Å². The summed E-state index contributed by atoms with van der Waals surface area (Å²) in [7, 11) is 1.70. The standard InChI is InChI=1S/C29H32FN5O3S/c1-32-19-27(36)34-25(14-15-39-2)28(37)33(17-22-8-5-7-21-6-3-4-9-24(21)22)18-26(34)35(32)29(38)31-16-20-10-12-23(30)13-11-20/h3-13,25-26H,14-19H2,1-2H3,(H,31,38)/t25-,26-/m0/s1. The van der Waals surface area contributed by atoms with Crippen molar-refractivity contribution in [2.45, 2.75) is 31.7 Å². The second kappa shape index (κ2) is 11.6. The van der Waals surface area contributed by atoms with Crippen molar-refractivity contribution in [2.75, 3.05) is 32.1 Å². The molecule has 2 aliphatic heterocycles. The summed E-state index contributed by atoms with van der Waals surface area (Å²) in [5, 5.41) is 8.22. The summed E-state index contributed by atoms with van der Waals surface area (Å²) in [6.45, 7) is 0.770. The van der Waals surface area contributed by atoms with Gasteiger partial charge < -0.3 is 15.1 Å². The fraction of sp³-hybridized carbons (Fsp3) is 0.345. The van der Waals surface area contributed by atoms with Gasteiger partial charge in [0.25, 0.3) is 0 Å². The van der Waals surface area contributed by atoms with E-state index in [-0.39, 0.29) is 43.3 Å². The van der Waals surface area contributed by atoms with Crippen LogP contribution in [-0.4, -0.2) is 82.0 Å². The molecule has 3 aromatic carbocycles. The van der Waals surface area contributed by atoms with Gasteiger partial charge >= 0.3 is 6.03 Å². The normalized spacial score (nSPS) is 19.9. The van der Waals surface area contributed by atoms with E-state index in [9.17, 15) is 18.8 Å². The molecular weight excluding hydrogens is 517 g/mol. The van der Waals surface area contributed by atoms with Crippen molar-refractivity contribution in [3.8, 4) is 0 Å². The molecule has 39 heavy (non-hydrogen) atoms. The predicted molar refractivity (Wildman–Crippen MR) is 150 cm³/mol. The predicted octanol–water partition coefficient (Wildman–Crippen LogP) is 3.67. The van der Waals surface area contributed by atoms with Crippen LogP contribution < -0.4 is 5.32 Å². The van der Waals surface area contributed by atoms with Crippen LogP contribution in [0.4, 0.5) is 9.18 Å². The summed E-state index contributed by atoms with van der Waals surface area (Å²) < 4.78 is 13.3. The lowest BCUT2D eigenvalue weighted by Gasteiger charge is -2.54. The number of nitrogens with zero attached hydrogens (tertiary/aromatic N) is 4. The molecule has 0 aromatic heterocycles. The Morgan fingerprint density at radius 2 is 1.79 bits per heavy atom. The molecule has 0 unspecified atom stereocenters. The van der Waals surface area contributed by atoms with E-state index < -0.39 is 12.2 Å². The summed E-state index contributed by atoms with van der Waals surface area (Å²) in [5.74, 6) is 0.0957. The zero-order valence-electron chi connectivity index (χ0n) is 22.0. The molecule has 0 spiro atoms. The van der Waals surface area contributed by atoms with Crippen molar-refractivity contribution in [2.24, 2.45) is 0 Å². The Balaban J connectivity index is 1.43. The second-order valence-electron chi connectivity index (χ2n) is 9.88. The molecule has 3 aromatic rings. The van der Waals surface area contributed by atoms with Gasteiger partial charge in [0.1, 0.15) is 18.0 Å². The molecule has 0 radical (unpaired) electrons. The average Bonchev–Trinajstić information content (AvgIpc) is 2.93. The van der Waals surface area contributed by atoms with Crippen LogP contribution in [0, 0.1) is 5.82 Å². The molecule has 0 saturated carbocycles. The summed E-state index contributed by atoms with van der Waals surface area (Å²) in [4.78, 5) is 44.0. The van der Waals surface area contributed by atoms with E-state index in [0.29, 0.717) is 18.7 Å². The van der Waals surface area contributed by atoms with Crippen LogP contribution in [0.5, 0.6) is 0 Å². The summed E-state index contributed by atoms with van der Waals surface area (Å²) in [6.07, 6.45) is 1.83. The first-order chi connectivity index (χ1) is 18.9. The maximum atomic E-state index is 13.8. The third-order valence-corrected chi connectivity index (χ3v) is 7.99. The molecular formula is C29H32FN5O3S. The molecule has 2 atom stereocenters. The number of benzene rings is 3. The zero-order valence-corrected chi connectivity index (χ0v) is 22.9. The Morgan fingerprint density at radius 1 is 1.05 bits per heavy atom. The minimum Gasteiger partial charge on any atom is -0.333 e. The Labute approximate surface area is 231 Å². The number of nitrogens with one attached hydrogen (secondary N) is 1. The smallest absolute Gasteiger partial charge is 0.333 e. The van der Waals surface area contributed by atoms with Crippen LogP contribution in [0.1, 0.15) is 17.5 Å². The van der Waals surface area contributed by atoms with Crippen LogP contribution in [0.2, 0.25) is 0 Å². The van der Waals surface area contributed by atoms with Gasteiger partial charge in [0.05, 0.1) is 13.1 Å². The molecule has 8 nitrogen and oxygen atoms in total. The average molecular weight is 550 g/mol. The Hall–Kier alpha value is -3.63. The molecule has 2 heterocycles. The quantitative estimate of drug-likeness (QED) is 0.487. The first kappa shape index (κ1) is 27.0. The summed E-state index contributed by atoms with van der Waals surface area (Å²) >= 11 is 1.62. The highest BCUT2D eigenvalue weighted by Crippen LogP contribution is 2.30. The van der Waals surface area contributed by atoms with Crippen molar-refractivity contribution in [1.29, 1.82) is 0 Å². The van der Waals surface area contributed by atoms with E-state index >= 15 is 0 Å². The number of likely N-dealkylation sites (N-methyl/N-ethyl adjacent to an activating group) is 1.